The third-order valence-corrected chi connectivity index (χ3v) is 10.2. The standard InChI is InChI=1S/C38H44ClN3O7S/c1-6-7-20-40-38(44)33(22-28-13-9-8-10-14-28)41(25-29-15-11-12-27(2)21-29)37(43)26-42(32-23-30(39)16-18-34(32)47-3)50(45,46)31-17-19-35(48-4)36(24-31)49-5/h8-19,21,23-24,33H,6-7,20,22,25-26H2,1-5H3,(H,40,44)/t33-/m0/s1. The minimum atomic E-state index is -4.48. The largest absolute Gasteiger partial charge is 0.495 e. The number of aryl methyl sites for hydroxylation is 1. The first-order chi connectivity index (χ1) is 24.0. The van der Waals surface area contributed by atoms with Crippen LogP contribution in [0.15, 0.2) is 95.9 Å². The Morgan fingerprint density at radius 2 is 1.50 bits per heavy atom. The Balaban J connectivity index is 1.87. The third kappa shape index (κ3) is 9.48. The number of halogens is 1. The second-order valence-electron chi connectivity index (χ2n) is 11.7. The molecule has 1 atom stereocenters. The van der Waals surface area contributed by atoms with Crippen molar-refractivity contribution < 1.29 is 32.2 Å². The fraction of sp³-hybridized carbons (Fsp3) is 0.316. The van der Waals surface area contributed by atoms with E-state index in [9.17, 15) is 18.0 Å². The Morgan fingerprint density at radius 3 is 2.16 bits per heavy atom. The number of hydrogen-bond acceptors (Lipinski definition) is 7. The molecule has 0 aliphatic rings. The van der Waals surface area contributed by atoms with Crippen molar-refractivity contribution in [2.24, 2.45) is 0 Å². The Kier molecular flexibility index (Phi) is 13.5. The zero-order valence-corrected chi connectivity index (χ0v) is 30.6. The highest BCUT2D eigenvalue weighted by Crippen LogP contribution is 2.37. The van der Waals surface area contributed by atoms with Crippen LogP contribution in [0.25, 0.3) is 0 Å². The van der Waals surface area contributed by atoms with Crippen LogP contribution in [0.5, 0.6) is 17.2 Å². The molecule has 0 saturated carbocycles. The van der Waals surface area contributed by atoms with E-state index in [4.69, 9.17) is 25.8 Å². The lowest BCUT2D eigenvalue weighted by molar-refractivity contribution is -0.140. The molecule has 0 unspecified atom stereocenters. The SMILES string of the molecule is CCCCNC(=O)[C@H](Cc1ccccc1)N(Cc1cccc(C)c1)C(=O)CN(c1cc(Cl)ccc1OC)S(=O)(=O)c1ccc(OC)c(OC)c1. The first-order valence-corrected chi connectivity index (χ1v) is 18.1. The lowest BCUT2D eigenvalue weighted by atomic mass is 10.0. The fourth-order valence-corrected chi connectivity index (χ4v) is 7.14. The molecule has 10 nitrogen and oxygen atoms in total. The number of sulfonamides is 1. The molecule has 0 aliphatic carbocycles. The number of hydrogen-bond donors (Lipinski definition) is 1. The molecule has 0 saturated heterocycles. The number of methoxy groups -OCH3 is 3. The first-order valence-electron chi connectivity index (χ1n) is 16.3. The van der Waals surface area contributed by atoms with E-state index in [-0.39, 0.29) is 46.0 Å². The van der Waals surface area contributed by atoms with Crippen molar-refractivity contribution in [3.05, 3.63) is 113 Å². The van der Waals surface area contributed by atoms with Crippen LogP contribution in [0.2, 0.25) is 5.02 Å². The molecule has 266 valence electrons. The summed E-state index contributed by atoms with van der Waals surface area (Å²) in [6, 6.07) is 24.8. The van der Waals surface area contributed by atoms with Gasteiger partial charge in [0.25, 0.3) is 10.0 Å². The van der Waals surface area contributed by atoms with Gasteiger partial charge in [0.1, 0.15) is 18.3 Å². The number of rotatable bonds is 17. The summed E-state index contributed by atoms with van der Waals surface area (Å²) in [6.07, 6.45) is 1.85. The van der Waals surface area contributed by atoms with Gasteiger partial charge in [0.05, 0.1) is 31.9 Å². The van der Waals surface area contributed by atoms with E-state index in [1.54, 1.807) is 6.07 Å². The molecule has 50 heavy (non-hydrogen) atoms. The lowest BCUT2D eigenvalue weighted by Gasteiger charge is -2.34. The molecule has 0 aromatic heterocycles. The van der Waals surface area contributed by atoms with E-state index in [0.29, 0.717) is 12.3 Å². The number of ether oxygens (including phenoxy) is 3. The molecule has 2 amide bonds. The van der Waals surface area contributed by atoms with Crippen molar-refractivity contribution in [1.29, 1.82) is 0 Å². The molecular formula is C38H44ClN3O7S. The van der Waals surface area contributed by atoms with Crippen molar-refractivity contribution in [3.63, 3.8) is 0 Å². The molecule has 4 aromatic rings. The number of unbranched alkanes of at least 4 members (excludes halogenated alkanes) is 1. The second kappa shape index (κ2) is 17.8. The Hall–Kier alpha value is -4.74. The molecule has 0 spiro atoms. The predicted octanol–water partition coefficient (Wildman–Crippen LogP) is 6.43. The minimum absolute atomic E-state index is 0.0469. The summed E-state index contributed by atoms with van der Waals surface area (Å²) in [5, 5.41) is 3.23. The highest BCUT2D eigenvalue weighted by molar-refractivity contribution is 7.92. The molecule has 0 aliphatic heterocycles. The molecular weight excluding hydrogens is 678 g/mol. The van der Waals surface area contributed by atoms with E-state index in [1.807, 2.05) is 68.4 Å². The van der Waals surface area contributed by atoms with Crippen LogP contribution in [0.3, 0.4) is 0 Å². The maximum atomic E-state index is 14.8. The van der Waals surface area contributed by atoms with Gasteiger partial charge in [-0.3, -0.25) is 13.9 Å². The zero-order valence-electron chi connectivity index (χ0n) is 29.0. The van der Waals surface area contributed by atoms with Gasteiger partial charge in [-0.05, 0) is 54.8 Å². The molecule has 12 heteroatoms. The van der Waals surface area contributed by atoms with E-state index in [2.05, 4.69) is 5.32 Å². The highest BCUT2D eigenvalue weighted by atomic mass is 35.5. The summed E-state index contributed by atoms with van der Waals surface area (Å²) in [5.74, 6) is -0.251. The summed E-state index contributed by atoms with van der Waals surface area (Å²) < 4.78 is 46.4. The molecule has 4 aromatic carbocycles. The van der Waals surface area contributed by atoms with Crippen LogP contribution in [-0.2, 0) is 32.6 Å². The van der Waals surface area contributed by atoms with Gasteiger partial charge in [0, 0.05) is 30.6 Å². The van der Waals surface area contributed by atoms with Crippen LogP contribution in [0, 0.1) is 6.92 Å². The average Bonchev–Trinajstić information content (AvgIpc) is 3.12. The van der Waals surface area contributed by atoms with E-state index in [0.717, 1.165) is 33.8 Å². The molecule has 0 heterocycles. The maximum absolute atomic E-state index is 14.8. The molecule has 4 rings (SSSR count). The van der Waals surface area contributed by atoms with Crippen molar-refractivity contribution in [3.8, 4) is 17.2 Å². The number of amides is 2. The third-order valence-electron chi connectivity index (χ3n) is 8.17. The van der Waals surface area contributed by atoms with Gasteiger partial charge in [0.2, 0.25) is 11.8 Å². The molecule has 0 bridgehead atoms. The van der Waals surface area contributed by atoms with Crippen LogP contribution in [0.4, 0.5) is 5.69 Å². The summed E-state index contributed by atoms with van der Waals surface area (Å²) in [5.41, 5.74) is 2.65. The average molecular weight is 722 g/mol. The topological polar surface area (TPSA) is 114 Å². The van der Waals surface area contributed by atoms with Crippen LogP contribution < -0.4 is 23.8 Å². The minimum Gasteiger partial charge on any atom is -0.495 e. The van der Waals surface area contributed by atoms with E-state index >= 15 is 0 Å². The highest BCUT2D eigenvalue weighted by Gasteiger charge is 2.36. The molecule has 0 radical (unpaired) electrons. The second-order valence-corrected chi connectivity index (χ2v) is 14.0. The monoisotopic (exact) mass is 721 g/mol. The Labute approximate surface area is 300 Å². The van der Waals surface area contributed by atoms with Gasteiger partial charge in [0.15, 0.2) is 11.5 Å². The normalized spacial score (nSPS) is 11.7. The summed E-state index contributed by atoms with van der Waals surface area (Å²) in [6.45, 7) is 3.78. The number of carbonyl (C=O) groups is 2. The number of anilines is 1. The van der Waals surface area contributed by atoms with Gasteiger partial charge in [-0.2, -0.15) is 0 Å². The fourth-order valence-electron chi connectivity index (χ4n) is 5.54. The Bertz CT molecular complexity index is 1870. The van der Waals surface area contributed by atoms with Gasteiger partial charge in [-0.15, -0.1) is 0 Å². The van der Waals surface area contributed by atoms with Gasteiger partial charge in [-0.25, -0.2) is 8.42 Å². The number of carbonyl (C=O) groups excluding carboxylic acids is 2. The quantitative estimate of drug-likeness (QED) is 0.125. The first kappa shape index (κ1) is 38.1. The van der Waals surface area contributed by atoms with Crippen molar-refractivity contribution >= 4 is 39.1 Å². The van der Waals surface area contributed by atoms with E-state index in [1.165, 1.54) is 56.6 Å². The molecule has 0 fully saturated rings. The predicted molar refractivity (Wildman–Crippen MR) is 196 cm³/mol. The van der Waals surface area contributed by atoms with E-state index < -0.39 is 28.5 Å². The number of nitrogens with one attached hydrogen (secondary N) is 1. The van der Waals surface area contributed by atoms with Gasteiger partial charge in [-0.1, -0.05) is 85.1 Å². The summed E-state index contributed by atoms with van der Waals surface area (Å²) in [4.78, 5) is 30.1. The zero-order chi connectivity index (χ0) is 36.3. The summed E-state index contributed by atoms with van der Waals surface area (Å²) in [7, 11) is -0.236. The Morgan fingerprint density at radius 1 is 0.820 bits per heavy atom. The van der Waals surface area contributed by atoms with Gasteiger partial charge >= 0.3 is 0 Å². The maximum Gasteiger partial charge on any atom is 0.265 e. The number of nitrogens with zero attached hydrogens (tertiary/aromatic N) is 2. The van der Waals surface area contributed by atoms with Gasteiger partial charge < -0.3 is 24.4 Å². The van der Waals surface area contributed by atoms with Crippen LogP contribution in [0.1, 0.15) is 36.5 Å². The molecule has 1 N–H and O–H groups in total. The van der Waals surface area contributed by atoms with Crippen molar-refractivity contribution in [2.75, 3.05) is 38.7 Å². The summed E-state index contributed by atoms with van der Waals surface area (Å²) >= 11 is 6.40. The van der Waals surface area contributed by atoms with Crippen LogP contribution >= 0.6 is 11.6 Å². The lowest BCUT2D eigenvalue weighted by Crippen LogP contribution is -2.53. The smallest absolute Gasteiger partial charge is 0.265 e. The van der Waals surface area contributed by atoms with Crippen LogP contribution in [-0.4, -0.2) is 65.6 Å². The number of benzene rings is 4. The van der Waals surface area contributed by atoms with Crippen molar-refractivity contribution in [1.82, 2.24) is 10.2 Å². The van der Waals surface area contributed by atoms with Crippen molar-refractivity contribution in [2.45, 2.75) is 50.6 Å².